The minimum Gasteiger partial charge on any atom is -0.369 e. The number of amides is 1. The average molecular weight is 282 g/mol. The number of pyridine rings is 1. The number of rotatable bonds is 3. The first-order valence-corrected chi connectivity index (χ1v) is 7.79. The highest BCUT2D eigenvalue weighted by Gasteiger charge is 2.29. The lowest BCUT2D eigenvalue weighted by atomic mass is 9.73. The number of nitrogens with zero attached hydrogens (tertiary/aromatic N) is 1. The summed E-state index contributed by atoms with van der Waals surface area (Å²) in [5.41, 5.74) is 7.92. The Bertz CT molecular complexity index is 639. The van der Waals surface area contributed by atoms with Gasteiger partial charge in [0.1, 0.15) is 0 Å². The molecule has 2 N–H and O–H groups in total. The van der Waals surface area contributed by atoms with E-state index in [0.717, 1.165) is 31.2 Å². The molecule has 3 heteroatoms. The second-order valence-electron chi connectivity index (χ2n) is 6.22. The lowest BCUT2D eigenvalue weighted by Gasteiger charge is -2.31. The van der Waals surface area contributed by atoms with E-state index in [1.807, 2.05) is 19.2 Å². The highest BCUT2D eigenvalue weighted by atomic mass is 16.1. The third-order valence-electron chi connectivity index (χ3n) is 5.05. The molecule has 1 amide bonds. The average Bonchev–Trinajstić information content (AvgIpc) is 2.53. The van der Waals surface area contributed by atoms with Crippen LogP contribution in [0.2, 0.25) is 0 Å². The maximum atomic E-state index is 11.3. The number of primary amides is 1. The quantitative estimate of drug-likeness (QED) is 0.934. The Kier molecular flexibility index (Phi) is 3.91. The zero-order valence-electron chi connectivity index (χ0n) is 12.5. The van der Waals surface area contributed by atoms with Crippen LogP contribution < -0.4 is 5.73 Å². The van der Waals surface area contributed by atoms with Gasteiger partial charge in [0.05, 0.1) is 5.52 Å². The highest BCUT2D eigenvalue weighted by Crippen LogP contribution is 2.40. The lowest BCUT2D eigenvalue weighted by Crippen LogP contribution is -2.30. The molecule has 3 nitrogen and oxygen atoms in total. The van der Waals surface area contributed by atoms with Crippen molar-refractivity contribution in [3.05, 3.63) is 42.1 Å². The molecule has 110 valence electrons. The largest absolute Gasteiger partial charge is 0.369 e. The topological polar surface area (TPSA) is 56.0 Å². The molecule has 21 heavy (non-hydrogen) atoms. The van der Waals surface area contributed by atoms with Crippen molar-refractivity contribution < 1.29 is 4.79 Å². The fourth-order valence-electron chi connectivity index (χ4n) is 3.64. The van der Waals surface area contributed by atoms with Crippen molar-refractivity contribution in [3.8, 4) is 0 Å². The van der Waals surface area contributed by atoms with E-state index in [2.05, 4.69) is 29.2 Å². The first-order chi connectivity index (χ1) is 10.2. The molecule has 1 aliphatic carbocycles. The van der Waals surface area contributed by atoms with Gasteiger partial charge in [-0.25, -0.2) is 0 Å². The van der Waals surface area contributed by atoms with Crippen molar-refractivity contribution in [2.24, 2.45) is 17.6 Å². The van der Waals surface area contributed by atoms with E-state index in [-0.39, 0.29) is 11.8 Å². The molecule has 1 aliphatic rings. The number of hydrogen-bond acceptors (Lipinski definition) is 2. The van der Waals surface area contributed by atoms with Crippen LogP contribution in [0.4, 0.5) is 0 Å². The van der Waals surface area contributed by atoms with E-state index in [1.165, 1.54) is 10.9 Å². The smallest absolute Gasteiger partial charge is 0.220 e. The van der Waals surface area contributed by atoms with Crippen LogP contribution in [-0.4, -0.2) is 10.9 Å². The van der Waals surface area contributed by atoms with Crippen LogP contribution in [0.5, 0.6) is 0 Å². The number of para-hydroxylation sites is 1. The molecule has 0 aliphatic heterocycles. The van der Waals surface area contributed by atoms with Gasteiger partial charge in [0.15, 0.2) is 0 Å². The van der Waals surface area contributed by atoms with E-state index in [9.17, 15) is 4.79 Å². The molecule has 0 unspecified atom stereocenters. The van der Waals surface area contributed by atoms with E-state index in [0.29, 0.717) is 11.8 Å². The Labute approximate surface area is 125 Å². The Balaban J connectivity index is 1.79. The molecule has 0 saturated heterocycles. The van der Waals surface area contributed by atoms with Crippen LogP contribution in [0.25, 0.3) is 10.9 Å². The zero-order valence-corrected chi connectivity index (χ0v) is 12.5. The Hall–Kier alpha value is -1.90. The predicted molar refractivity (Wildman–Crippen MR) is 84.8 cm³/mol. The molecule has 1 aromatic carbocycles. The molecule has 1 aromatic heterocycles. The second-order valence-corrected chi connectivity index (χ2v) is 6.22. The van der Waals surface area contributed by atoms with Crippen molar-refractivity contribution in [1.29, 1.82) is 0 Å². The van der Waals surface area contributed by atoms with Crippen molar-refractivity contribution >= 4 is 16.8 Å². The van der Waals surface area contributed by atoms with Crippen LogP contribution in [0.15, 0.2) is 36.5 Å². The van der Waals surface area contributed by atoms with Gasteiger partial charge < -0.3 is 5.73 Å². The summed E-state index contributed by atoms with van der Waals surface area (Å²) in [6, 6.07) is 10.5. The summed E-state index contributed by atoms with van der Waals surface area (Å²) < 4.78 is 0. The Morgan fingerprint density at radius 1 is 1.19 bits per heavy atom. The highest BCUT2D eigenvalue weighted by molar-refractivity contribution is 5.82. The summed E-state index contributed by atoms with van der Waals surface area (Å²) in [4.78, 5) is 15.8. The van der Waals surface area contributed by atoms with Gasteiger partial charge in [-0.05, 0) is 55.2 Å². The molecule has 2 aromatic rings. The predicted octanol–water partition coefficient (Wildman–Crippen LogP) is 3.63. The first kappa shape index (κ1) is 14.1. The maximum absolute atomic E-state index is 11.3. The first-order valence-electron chi connectivity index (χ1n) is 7.79. The van der Waals surface area contributed by atoms with Crippen molar-refractivity contribution in [1.82, 2.24) is 4.98 Å². The van der Waals surface area contributed by atoms with Gasteiger partial charge in [0.25, 0.3) is 0 Å². The monoisotopic (exact) mass is 282 g/mol. The second kappa shape index (κ2) is 5.84. The maximum Gasteiger partial charge on any atom is 0.220 e. The summed E-state index contributed by atoms with van der Waals surface area (Å²) >= 11 is 0. The molecule has 0 spiro atoms. The third-order valence-corrected chi connectivity index (χ3v) is 5.05. The number of hydrogen-bond donors (Lipinski definition) is 1. The summed E-state index contributed by atoms with van der Waals surface area (Å²) in [7, 11) is 0. The van der Waals surface area contributed by atoms with Gasteiger partial charge in [-0.1, -0.05) is 25.1 Å². The number of benzene rings is 1. The summed E-state index contributed by atoms with van der Waals surface area (Å²) in [5.74, 6) is 0.869. The summed E-state index contributed by atoms with van der Waals surface area (Å²) in [6.07, 6.45) is 6.36. The van der Waals surface area contributed by atoms with E-state index in [1.54, 1.807) is 0 Å². The van der Waals surface area contributed by atoms with Crippen molar-refractivity contribution in [3.63, 3.8) is 0 Å². The van der Waals surface area contributed by atoms with Gasteiger partial charge >= 0.3 is 0 Å². The summed E-state index contributed by atoms with van der Waals surface area (Å²) in [6.45, 7) is 1.97. The van der Waals surface area contributed by atoms with Crippen LogP contribution in [0.1, 0.15) is 44.1 Å². The zero-order chi connectivity index (χ0) is 14.8. The number of carbonyl (C=O) groups excluding carboxylic acids is 1. The van der Waals surface area contributed by atoms with Gasteiger partial charge in [-0.2, -0.15) is 0 Å². The molecule has 1 atom stereocenters. The van der Waals surface area contributed by atoms with Crippen molar-refractivity contribution in [2.75, 3.05) is 0 Å². The van der Waals surface area contributed by atoms with Gasteiger partial charge in [-0.3, -0.25) is 9.78 Å². The summed E-state index contributed by atoms with van der Waals surface area (Å²) in [5, 5.41) is 1.27. The van der Waals surface area contributed by atoms with Crippen LogP contribution >= 0.6 is 0 Å². The van der Waals surface area contributed by atoms with Gasteiger partial charge in [-0.15, -0.1) is 0 Å². The normalized spacial score (nSPS) is 23.9. The molecule has 0 bridgehead atoms. The molecule has 1 saturated carbocycles. The number of aromatic nitrogens is 1. The minimum absolute atomic E-state index is 0.000124. The fourth-order valence-corrected chi connectivity index (χ4v) is 3.64. The Morgan fingerprint density at radius 3 is 2.62 bits per heavy atom. The van der Waals surface area contributed by atoms with Crippen LogP contribution in [-0.2, 0) is 4.79 Å². The van der Waals surface area contributed by atoms with Crippen LogP contribution in [0, 0.1) is 11.8 Å². The molecule has 1 heterocycles. The number of nitrogens with two attached hydrogens (primary N) is 1. The molecule has 0 radical (unpaired) electrons. The molecular weight excluding hydrogens is 260 g/mol. The van der Waals surface area contributed by atoms with E-state index < -0.39 is 0 Å². The molecule has 3 rings (SSSR count). The fraction of sp³-hybridized carbons (Fsp3) is 0.444. The SMILES string of the molecule is C[C@H](C(N)=O)C1CCC(c2ccnc3ccccc23)CC1. The lowest BCUT2D eigenvalue weighted by molar-refractivity contribution is -0.123. The van der Waals surface area contributed by atoms with E-state index in [4.69, 9.17) is 5.73 Å². The van der Waals surface area contributed by atoms with E-state index >= 15 is 0 Å². The van der Waals surface area contributed by atoms with Gasteiger partial charge in [0.2, 0.25) is 5.91 Å². The third kappa shape index (κ3) is 2.78. The van der Waals surface area contributed by atoms with Gasteiger partial charge in [0, 0.05) is 17.5 Å². The standard InChI is InChI=1S/C18H22N2O/c1-12(18(19)21)13-6-8-14(9-7-13)15-10-11-20-17-5-3-2-4-16(15)17/h2-5,10-14H,6-9H2,1H3,(H2,19,21)/t12-,13?,14?/m0/s1. The minimum atomic E-state index is -0.159. The molecular formula is C18H22N2O. The van der Waals surface area contributed by atoms with Crippen LogP contribution in [0.3, 0.4) is 0 Å². The van der Waals surface area contributed by atoms with Crippen molar-refractivity contribution in [2.45, 2.75) is 38.5 Å². The molecule has 1 fully saturated rings. The number of fused-ring (bicyclic) bond motifs is 1. The Morgan fingerprint density at radius 2 is 1.90 bits per heavy atom. The number of carbonyl (C=O) groups is 1.